The molecule has 1 amide bonds. The number of likely N-dealkylation sites (N-methyl/N-ethyl adjacent to an activating group) is 1. The molecule has 0 aliphatic carbocycles. The van der Waals surface area contributed by atoms with Crippen LogP contribution in [-0.2, 0) is 44.4 Å². The molecule has 0 bridgehead atoms. The quantitative estimate of drug-likeness (QED) is 0.0400. The molecule has 5 rings (SSSR count). The minimum absolute atomic E-state index is 0.0756. The van der Waals surface area contributed by atoms with Crippen molar-refractivity contribution in [3.05, 3.63) is 71.3 Å². The van der Waals surface area contributed by atoms with E-state index in [1.807, 2.05) is 32.8 Å². The Morgan fingerprint density at radius 1 is 0.827 bits per heavy atom. The van der Waals surface area contributed by atoms with Gasteiger partial charge in [0.1, 0.15) is 30.0 Å². The molecule has 2 aromatic rings. The van der Waals surface area contributed by atoms with E-state index in [1.165, 1.54) is 50.0 Å². The maximum atomic E-state index is 14.6. The second kappa shape index (κ2) is 31.9. The number of rotatable bonds is 23. The third-order valence-corrected chi connectivity index (χ3v) is 20.0. The molecule has 0 spiro atoms. The molecular formula is C64H106ClN2O13P. The number of carbonyl (C=O) groups excluding carboxylic acids is 2. The minimum Gasteiger partial charge on any atom is -0.459 e. The van der Waals surface area contributed by atoms with E-state index < -0.39 is 102 Å². The van der Waals surface area contributed by atoms with E-state index in [0.717, 1.165) is 38.5 Å². The largest absolute Gasteiger partial charge is 0.459 e. The maximum Gasteiger partial charge on any atom is 0.311 e. The molecular weight excluding hydrogens is 1070 g/mol. The molecule has 0 radical (unpaired) electrons. The highest BCUT2D eigenvalue weighted by Gasteiger charge is 2.53. The third-order valence-electron chi connectivity index (χ3n) is 18.3. The van der Waals surface area contributed by atoms with Gasteiger partial charge in [-0.1, -0.05) is 138 Å². The van der Waals surface area contributed by atoms with E-state index in [1.54, 1.807) is 53.4 Å². The number of cyclic esters (lactones) is 1. The Balaban J connectivity index is 1.27. The molecule has 0 saturated carbocycles. The average molecular weight is 1180 g/mol. The first-order valence-electron chi connectivity index (χ1n) is 30.5. The Labute approximate surface area is 493 Å². The smallest absolute Gasteiger partial charge is 0.311 e. The standard InChI is InChI=1S/C64H106ClN2O13P/c1-15-51-64(11,74)57(70)44(6)67(52(68)31-27-22-20-18-16-17-19-21-24-28-47-32-34-49(35-33-47)54(46(8)81-65)48-29-25-23-26-30-48)39-40(2)37-62(9,73)59(80-61-55(69)50(66(12)13)36-41(3)76-61)42(4)56(43(5)60(72)78-51)79-53-38-63(10,75-14)58(71)45(7)77-53/h23,25-26,29-30,32-35,40-46,50-51,53-59,61,69-71,73-74,81H,15-22,24,27-28,31,36-39H2,1-14H3/t40-,41-,42+,43-,44-,45+,46?,50+,51-,53+,54?,55-,56+,57-,58+,59-,61+,62-,63-,64-/m1/s1. The van der Waals surface area contributed by atoms with Crippen LogP contribution >= 0.6 is 19.2 Å². The monoisotopic (exact) mass is 1180 g/mol. The fraction of sp³-hybridized carbons (Fsp3) is 0.781. The number of aliphatic hydroxyl groups excluding tert-OH is 3. The molecule has 2 aromatic carbocycles. The number of esters is 1. The van der Waals surface area contributed by atoms with Crippen molar-refractivity contribution in [2.24, 2.45) is 17.8 Å². The number of aliphatic hydroxyl groups is 5. The second-order valence-electron chi connectivity index (χ2n) is 25.5. The topological polar surface area (TPSA) is 197 Å². The van der Waals surface area contributed by atoms with Gasteiger partial charge in [-0.25, -0.2) is 0 Å². The molecule has 21 atom stereocenters. The highest BCUT2D eigenvalue weighted by atomic mass is 35.7. The van der Waals surface area contributed by atoms with Crippen molar-refractivity contribution < 1.29 is 63.5 Å². The van der Waals surface area contributed by atoms with Gasteiger partial charge in [0.2, 0.25) is 5.91 Å². The van der Waals surface area contributed by atoms with Crippen LogP contribution in [0.25, 0.3) is 0 Å². The van der Waals surface area contributed by atoms with Crippen LogP contribution in [0.4, 0.5) is 0 Å². The van der Waals surface area contributed by atoms with Crippen molar-refractivity contribution in [3.8, 4) is 0 Å². The van der Waals surface area contributed by atoms with Crippen molar-refractivity contribution in [2.45, 2.75) is 274 Å². The second-order valence-corrected chi connectivity index (χ2v) is 27.3. The molecule has 15 nitrogen and oxygen atoms in total. The molecule has 17 heteroatoms. The molecule has 3 heterocycles. The third kappa shape index (κ3) is 18.6. The van der Waals surface area contributed by atoms with E-state index in [9.17, 15) is 35.1 Å². The first kappa shape index (κ1) is 69.4. The predicted molar refractivity (Wildman–Crippen MR) is 321 cm³/mol. The van der Waals surface area contributed by atoms with E-state index in [-0.39, 0.29) is 56.2 Å². The SMILES string of the molecule is CC[C@H]1OC(=O)[C@H](C)[C@@H](O[C@H]2C[C@@](C)(OC)[C@@H](O)[C@H](C)O2)[C@H](C)[C@@H](O[C@@H]2O[C@H](C)C[C@H](N(C)C)[C@H]2O)[C@](C)(O)C[C@@H](C)CN(C(=O)CCCCCCCCCCCc2ccc(C(c3ccccc3)C(C)PCl)cc2)[C@H](C)[C@@H](O)[C@]1(C)O. The Bertz CT molecular complexity index is 2180. The van der Waals surface area contributed by atoms with Gasteiger partial charge in [-0.15, -0.1) is 0 Å². The summed E-state index contributed by atoms with van der Waals surface area (Å²) in [6.07, 6.45) is 1.26. The summed E-state index contributed by atoms with van der Waals surface area (Å²) >= 11 is 6.37. The lowest BCUT2D eigenvalue weighted by Crippen LogP contribution is -2.60. The molecule has 3 aliphatic rings. The van der Waals surface area contributed by atoms with Crippen LogP contribution in [-0.4, -0.2) is 171 Å². The number of hydrogen-bond donors (Lipinski definition) is 5. The summed E-state index contributed by atoms with van der Waals surface area (Å²) in [7, 11) is 5.61. The Hall–Kier alpha value is -2.34. The van der Waals surface area contributed by atoms with Crippen LogP contribution in [0.1, 0.15) is 189 Å². The van der Waals surface area contributed by atoms with Gasteiger partial charge in [0.05, 0.1) is 47.6 Å². The summed E-state index contributed by atoms with van der Waals surface area (Å²) in [5, 5.41) is 60.3. The lowest BCUT2D eigenvalue weighted by atomic mass is 9.77. The van der Waals surface area contributed by atoms with Crippen molar-refractivity contribution in [1.82, 2.24) is 9.80 Å². The Morgan fingerprint density at radius 2 is 1.42 bits per heavy atom. The van der Waals surface area contributed by atoms with Gasteiger partial charge in [0.15, 0.2) is 12.6 Å². The fourth-order valence-corrected chi connectivity index (χ4v) is 14.1. The molecule has 5 N–H and O–H groups in total. The van der Waals surface area contributed by atoms with Crippen LogP contribution in [0, 0.1) is 17.8 Å². The number of hydrogen-bond acceptors (Lipinski definition) is 14. The summed E-state index contributed by atoms with van der Waals surface area (Å²) < 4.78 is 38.2. The number of carbonyl (C=O) groups is 2. The Morgan fingerprint density at radius 3 is 2.00 bits per heavy atom. The number of benzene rings is 2. The number of unbranched alkanes of at least 4 members (excludes halogenated alkanes) is 8. The molecule has 0 aromatic heterocycles. The number of amides is 1. The molecule has 462 valence electrons. The van der Waals surface area contributed by atoms with E-state index in [0.29, 0.717) is 26.4 Å². The summed E-state index contributed by atoms with van der Waals surface area (Å²) in [4.78, 5) is 32.7. The number of aryl methyl sites for hydroxylation is 1. The molecule has 3 fully saturated rings. The van der Waals surface area contributed by atoms with Gasteiger partial charge in [-0.2, -0.15) is 0 Å². The molecule has 3 saturated heterocycles. The molecule has 3 unspecified atom stereocenters. The van der Waals surface area contributed by atoms with Gasteiger partial charge in [0.25, 0.3) is 0 Å². The van der Waals surface area contributed by atoms with Crippen molar-refractivity contribution in [3.63, 3.8) is 0 Å². The molecule has 81 heavy (non-hydrogen) atoms. The van der Waals surface area contributed by atoms with Crippen molar-refractivity contribution in [1.29, 1.82) is 0 Å². The van der Waals surface area contributed by atoms with E-state index in [4.69, 9.17) is 39.7 Å². The zero-order chi connectivity index (χ0) is 60.0. The number of methoxy groups -OCH3 is 1. The van der Waals surface area contributed by atoms with Crippen molar-refractivity contribution in [2.75, 3.05) is 27.7 Å². The number of nitrogens with zero attached hydrogens (tertiary/aromatic N) is 2. The van der Waals surface area contributed by atoms with Gasteiger partial charge in [-0.3, -0.25) is 9.59 Å². The normalized spacial score (nSPS) is 36.7. The van der Waals surface area contributed by atoms with Gasteiger partial charge in [0, 0.05) is 44.4 Å². The summed E-state index contributed by atoms with van der Waals surface area (Å²) in [6.45, 7) is 19.7. The van der Waals surface area contributed by atoms with Gasteiger partial charge < -0.3 is 63.8 Å². The average Bonchev–Trinajstić information content (AvgIpc) is 3.56. The lowest BCUT2D eigenvalue weighted by Gasteiger charge is -2.48. The zero-order valence-electron chi connectivity index (χ0n) is 51.6. The van der Waals surface area contributed by atoms with E-state index in [2.05, 4.69) is 61.5 Å². The van der Waals surface area contributed by atoms with Gasteiger partial charge in [-0.05, 0) is 137 Å². The highest BCUT2D eigenvalue weighted by Crippen LogP contribution is 2.42. The fourth-order valence-electron chi connectivity index (χ4n) is 13.2. The summed E-state index contributed by atoms with van der Waals surface area (Å²) in [5.41, 5.74) is -0.445. The maximum absolute atomic E-state index is 14.6. The zero-order valence-corrected chi connectivity index (χ0v) is 53.4. The van der Waals surface area contributed by atoms with Crippen LogP contribution < -0.4 is 0 Å². The molecule has 3 aliphatic heterocycles. The first-order chi connectivity index (χ1) is 38.2. The van der Waals surface area contributed by atoms with Crippen LogP contribution in [0.15, 0.2) is 54.6 Å². The van der Waals surface area contributed by atoms with Gasteiger partial charge >= 0.3 is 5.97 Å². The first-order valence-corrected chi connectivity index (χ1v) is 32.6. The highest BCUT2D eigenvalue weighted by molar-refractivity contribution is 7.69. The predicted octanol–water partition coefficient (Wildman–Crippen LogP) is 10.3. The number of halogens is 1. The van der Waals surface area contributed by atoms with Crippen LogP contribution in [0.5, 0.6) is 0 Å². The lowest BCUT2D eigenvalue weighted by molar-refractivity contribution is -0.318. The summed E-state index contributed by atoms with van der Waals surface area (Å²) in [6, 6.07) is 18.5. The van der Waals surface area contributed by atoms with E-state index >= 15 is 0 Å². The van der Waals surface area contributed by atoms with Crippen LogP contribution in [0.3, 0.4) is 0 Å². The summed E-state index contributed by atoms with van der Waals surface area (Å²) in [5.74, 6) is -2.97. The van der Waals surface area contributed by atoms with Crippen LogP contribution in [0.2, 0.25) is 0 Å². The van der Waals surface area contributed by atoms with Crippen molar-refractivity contribution >= 4 is 31.1 Å². The number of ether oxygens (including phenoxy) is 6. The Kier molecular flexibility index (Phi) is 27.3. The minimum atomic E-state index is -2.00.